The van der Waals surface area contributed by atoms with Gasteiger partial charge in [-0.15, -0.1) is 0 Å². The van der Waals surface area contributed by atoms with Gasteiger partial charge in [0.1, 0.15) is 0 Å². The fraction of sp³-hybridized carbons (Fsp3) is 0.708. The molecule has 1 aliphatic heterocycles. The molecule has 1 rings (SSSR count). The topological polar surface area (TPSA) is 114 Å². The number of hydrogen-bond acceptors (Lipinski definition) is 9. The smallest absolute Gasteiger partial charge is 0.305 e. The van der Waals surface area contributed by atoms with Crippen molar-refractivity contribution in [1.29, 1.82) is 0 Å². The average molecular weight is 812 g/mol. The van der Waals surface area contributed by atoms with E-state index in [1.165, 1.54) is 57.8 Å². The summed E-state index contributed by atoms with van der Waals surface area (Å²) < 4.78 is 16.8. The average Bonchev–Trinajstić information content (AvgIpc) is 3.22. The van der Waals surface area contributed by atoms with Gasteiger partial charge in [-0.2, -0.15) is 0 Å². The van der Waals surface area contributed by atoms with E-state index in [0.717, 1.165) is 57.8 Å². The number of nitrogens with one attached hydrogen (secondary N) is 1. The molecule has 0 aromatic rings. The number of unbranched alkanes of at least 4 members (excludes halogenated alkanes) is 12. The van der Waals surface area contributed by atoms with Crippen LogP contribution in [0.3, 0.4) is 0 Å². The summed E-state index contributed by atoms with van der Waals surface area (Å²) in [6.45, 7) is 7.95. The molecule has 0 aliphatic carbocycles. The van der Waals surface area contributed by atoms with Crippen molar-refractivity contribution in [3.05, 3.63) is 61.3 Å². The van der Waals surface area contributed by atoms with Gasteiger partial charge in [-0.05, 0) is 96.3 Å². The molecule has 0 aromatic heterocycles. The Bertz CT molecular complexity index is 1120. The second-order valence-electron chi connectivity index (χ2n) is 15.6. The second kappa shape index (κ2) is 36.3. The van der Waals surface area contributed by atoms with Crippen molar-refractivity contribution in [2.75, 3.05) is 33.4 Å². The molecule has 1 aliphatic rings. The highest BCUT2D eigenvalue weighted by atomic mass is 16.5. The van der Waals surface area contributed by atoms with E-state index in [-0.39, 0.29) is 68.8 Å². The minimum absolute atomic E-state index is 0.0380. The molecule has 1 heterocycles. The Kier molecular flexibility index (Phi) is 32.6. The van der Waals surface area contributed by atoms with E-state index < -0.39 is 5.54 Å². The molecule has 0 atom stereocenters. The summed E-state index contributed by atoms with van der Waals surface area (Å²) in [6, 6.07) is 0. The SMILES string of the molecule is CCCCC/C=C\CCCOC(=O)CCC(CCC(=O)OCCC/C=C\CCCCC)(CCC(=O)OCCC/C=C\CCCCC)NC(=O)CCN1C=CN(C)C=C1. The van der Waals surface area contributed by atoms with Crippen molar-refractivity contribution in [2.45, 2.75) is 187 Å². The van der Waals surface area contributed by atoms with Gasteiger partial charge in [-0.1, -0.05) is 95.8 Å². The summed E-state index contributed by atoms with van der Waals surface area (Å²) in [5.74, 6) is -1.32. The normalized spacial score (nSPS) is 13.0. The Morgan fingerprint density at radius 2 is 0.845 bits per heavy atom. The Morgan fingerprint density at radius 1 is 0.500 bits per heavy atom. The Hall–Kier alpha value is -3.82. The Morgan fingerprint density at radius 3 is 1.19 bits per heavy atom. The van der Waals surface area contributed by atoms with E-state index >= 15 is 0 Å². The van der Waals surface area contributed by atoms with Crippen LogP contribution in [-0.2, 0) is 33.4 Å². The summed E-state index contributed by atoms with van der Waals surface area (Å²) in [6.07, 6.45) is 40.3. The first-order valence-electron chi connectivity index (χ1n) is 22.8. The monoisotopic (exact) mass is 812 g/mol. The molecule has 0 spiro atoms. The third-order valence-corrected chi connectivity index (χ3v) is 10.2. The maximum Gasteiger partial charge on any atom is 0.305 e. The van der Waals surface area contributed by atoms with Gasteiger partial charge in [0.05, 0.1) is 19.8 Å². The Labute approximate surface area is 352 Å². The molecule has 58 heavy (non-hydrogen) atoms. The number of nitrogens with zero attached hydrogens (tertiary/aromatic N) is 2. The fourth-order valence-corrected chi connectivity index (χ4v) is 6.43. The molecule has 0 fully saturated rings. The van der Waals surface area contributed by atoms with Crippen molar-refractivity contribution in [3.63, 3.8) is 0 Å². The lowest BCUT2D eigenvalue weighted by Gasteiger charge is -2.35. The first kappa shape index (κ1) is 52.2. The molecule has 0 aromatic carbocycles. The molecule has 0 saturated carbocycles. The van der Waals surface area contributed by atoms with Crippen LogP contribution < -0.4 is 5.32 Å². The molecule has 330 valence electrons. The van der Waals surface area contributed by atoms with Gasteiger partial charge in [0.25, 0.3) is 0 Å². The van der Waals surface area contributed by atoms with Gasteiger partial charge in [0.2, 0.25) is 5.91 Å². The van der Waals surface area contributed by atoms with Gasteiger partial charge < -0.3 is 29.3 Å². The number of carbonyl (C=O) groups is 4. The van der Waals surface area contributed by atoms with Gasteiger partial charge in [0.15, 0.2) is 0 Å². The van der Waals surface area contributed by atoms with E-state index in [1.807, 2.05) is 41.6 Å². The van der Waals surface area contributed by atoms with Crippen LogP contribution in [0, 0.1) is 0 Å². The van der Waals surface area contributed by atoms with Crippen LogP contribution >= 0.6 is 0 Å². The molecule has 1 amide bonds. The highest BCUT2D eigenvalue weighted by Crippen LogP contribution is 2.27. The summed E-state index contributed by atoms with van der Waals surface area (Å²) in [4.78, 5) is 56.6. The van der Waals surface area contributed by atoms with Crippen molar-refractivity contribution >= 4 is 23.8 Å². The van der Waals surface area contributed by atoms with Crippen LogP contribution in [0.2, 0.25) is 0 Å². The lowest BCUT2D eigenvalue weighted by atomic mass is 9.83. The van der Waals surface area contributed by atoms with Crippen LogP contribution in [0.25, 0.3) is 0 Å². The number of rotatable bonds is 37. The van der Waals surface area contributed by atoms with Crippen molar-refractivity contribution in [2.24, 2.45) is 0 Å². The molecule has 10 heteroatoms. The van der Waals surface area contributed by atoms with E-state index in [0.29, 0.717) is 26.4 Å². The van der Waals surface area contributed by atoms with Gasteiger partial charge in [-0.3, -0.25) is 19.2 Å². The first-order chi connectivity index (χ1) is 28.2. The maximum atomic E-state index is 13.6. The van der Waals surface area contributed by atoms with Gasteiger partial charge in [0, 0.05) is 69.6 Å². The van der Waals surface area contributed by atoms with Gasteiger partial charge >= 0.3 is 17.9 Å². The van der Waals surface area contributed by atoms with Crippen LogP contribution in [0.15, 0.2) is 61.3 Å². The van der Waals surface area contributed by atoms with Crippen LogP contribution in [0.5, 0.6) is 0 Å². The second-order valence-corrected chi connectivity index (χ2v) is 15.6. The summed E-state index contributed by atoms with van der Waals surface area (Å²) in [5, 5.41) is 3.18. The lowest BCUT2D eigenvalue weighted by Crippen LogP contribution is -2.50. The molecule has 0 radical (unpaired) electrons. The highest BCUT2D eigenvalue weighted by molar-refractivity contribution is 5.78. The number of carbonyl (C=O) groups excluding carboxylic acids is 4. The van der Waals surface area contributed by atoms with Crippen LogP contribution in [0.1, 0.15) is 181 Å². The molecule has 10 nitrogen and oxygen atoms in total. The fourth-order valence-electron chi connectivity index (χ4n) is 6.43. The van der Waals surface area contributed by atoms with E-state index in [2.05, 4.69) is 62.5 Å². The molecule has 0 unspecified atom stereocenters. The molecular weight excluding hydrogens is 731 g/mol. The zero-order chi connectivity index (χ0) is 42.4. The van der Waals surface area contributed by atoms with E-state index in [4.69, 9.17) is 14.2 Å². The Balaban J connectivity index is 2.95. The quantitative estimate of drug-likeness (QED) is 0.0283. The number of esters is 3. The van der Waals surface area contributed by atoms with Crippen LogP contribution in [-0.4, -0.2) is 72.6 Å². The van der Waals surface area contributed by atoms with Crippen molar-refractivity contribution in [3.8, 4) is 0 Å². The minimum Gasteiger partial charge on any atom is -0.466 e. The molecule has 0 saturated heterocycles. The van der Waals surface area contributed by atoms with E-state index in [9.17, 15) is 19.2 Å². The first-order valence-corrected chi connectivity index (χ1v) is 22.8. The summed E-state index contributed by atoms with van der Waals surface area (Å²) >= 11 is 0. The number of hydrogen-bond donors (Lipinski definition) is 1. The molecule has 1 N–H and O–H groups in total. The predicted molar refractivity (Wildman–Crippen MR) is 236 cm³/mol. The number of allylic oxidation sites excluding steroid dienone is 6. The summed E-state index contributed by atoms with van der Waals surface area (Å²) in [7, 11) is 1.93. The van der Waals surface area contributed by atoms with Crippen molar-refractivity contribution < 1.29 is 33.4 Å². The van der Waals surface area contributed by atoms with Crippen molar-refractivity contribution in [1.82, 2.24) is 15.1 Å². The highest BCUT2D eigenvalue weighted by Gasteiger charge is 2.34. The largest absolute Gasteiger partial charge is 0.466 e. The standard InChI is InChI=1S/C48H81N3O7/c1-5-8-11-14-17-20-23-26-41-56-45(53)29-33-48(49-44(52)32-36-51-39-37-50(4)38-40-51,34-30-46(54)57-42-27-24-21-18-15-12-9-6-2)35-31-47(55)58-43-28-25-22-19-16-13-10-7-3/h17-22,37-40H,5-16,23-36,41-43H2,1-4H3,(H,49,52)/b20-17-,21-18-,22-19-. The maximum absolute atomic E-state index is 13.6. The number of ether oxygens (including phenoxy) is 3. The zero-order valence-electron chi connectivity index (χ0n) is 37.0. The lowest BCUT2D eigenvalue weighted by molar-refractivity contribution is -0.145. The zero-order valence-corrected chi connectivity index (χ0v) is 37.0. The summed E-state index contributed by atoms with van der Waals surface area (Å²) in [5.41, 5.74) is -1.02. The third kappa shape index (κ3) is 30.3. The van der Waals surface area contributed by atoms with E-state index in [1.54, 1.807) is 0 Å². The predicted octanol–water partition coefficient (Wildman–Crippen LogP) is 11.1. The molecular formula is C48H81N3O7. The van der Waals surface area contributed by atoms with Crippen LogP contribution in [0.4, 0.5) is 0 Å². The third-order valence-electron chi connectivity index (χ3n) is 10.2. The minimum atomic E-state index is -1.02. The van der Waals surface area contributed by atoms with Gasteiger partial charge in [-0.25, -0.2) is 0 Å². The number of amides is 1. The molecule has 0 bridgehead atoms.